The fraction of sp³-hybridized carbons (Fsp3) is 0.105. The van der Waals surface area contributed by atoms with Gasteiger partial charge in [-0.25, -0.2) is 4.79 Å². The van der Waals surface area contributed by atoms with Crippen molar-refractivity contribution in [3.63, 3.8) is 0 Å². The summed E-state index contributed by atoms with van der Waals surface area (Å²) >= 11 is 0. The van der Waals surface area contributed by atoms with Crippen molar-refractivity contribution < 1.29 is 14.4 Å². The first-order chi connectivity index (χ1) is 11.5. The number of hydrogen-bond donors (Lipinski definition) is 1. The molecular formula is C19H16N2O3. The van der Waals surface area contributed by atoms with Crippen molar-refractivity contribution in [2.45, 2.75) is 6.92 Å². The molecule has 24 heavy (non-hydrogen) atoms. The Hall–Kier alpha value is -3.21. The number of benzene rings is 2. The van der Waals surface area contributed by atoms with Crippen molar-refractivity contribution in [1.82, 2.24) is 10.2 Å². The van der Waals surface area contributed by atoms with Gasteiger partial charge in [0, 0.05) is 5.56 Å². The van der Waals surface area contributed by atoms with Crippen LogP contribution in [0.5, 0.6) is 0 Å². The van der Waals surface area contributed by atoms with Crippen LogP contribution >= 0.6 is 0 Å². The lowest BCUT2D eigenvalue weighted by atomic mass is 10.0. The first kappa shape index (κ1) is 15.7. The van der Waals surface area contributed by atoms with Crippen molar-refractivity contribution in [2.24, 2.45) is 0 Å². The van der Waals surface area contributed by atoms with E-state index in [-0.39, 0.29) is 18.0 Å². The molecule has 1 N–H and O–H groups in total. The Morgan fingerprint density at radius 1 is 1.08 bits per heavy atom. The quantitative estimate of drug-likeness (QED) is 0.535. The van der Waals surface area contributed by atoms with Gasteiger partial charge in [0.1, 0.15) is 5.70 Å². The van der Waals surface area contributed by atoms with E-state index in [4.69, 9.17) is 0 Å². The highest BCUT2D eigenvalue weighted by Crippen LogP contribution is 2.21. The summed E-state index contributed by atoms with van der Waals surface area (Å²) in [5.74, 6) is -0.867. The van der Waals surface area contributed by atoms with E-state index >= 15 is 0 Å². The normalized spacial score (nSPS) is 14.0. The van der Waals surface area contributed by atoms with Crippen molar-refractivity contribution >= 4 is 17.7 Å². The summed E-state index contributed by atoms with van der Waals surface area (Å²) in [6, 6.07) is 14.6. The highest BCUT2D eigenvalue weighted by atomic mass is 16.2. The van der Waals surface area contributed by atoms with E-state index < -0.39 is 11.9 Å². The third-order valence-corrected chi connectivity index (χ3v) is 3.87. The SMILES string of the molecule is C=C1NC(=O)N(CC(=O)c2ccc(-c3cccc(C)c3)cc2)C1=O. The summed E-state index contributed by atoms with van der Waals surface area (Å²) < 4.78 is 0. The van der Waals surface area contributed by atoms with Gasteiger partial charge >= 0.3 is 6.03 Å². The van der Waals surface area contributed by atoms with Gasteiger partial charge in [0.25, 0.3) is 5.91 Å². The Labute approximate surface area is 139 Å². The number of nitrogens with zero attached hydrogens (tertiary/aromatic N) is 1. The number of Topliss-reactive ketones (excluding diaryl/α,β-unsaturated/α-hetero) is 1. The predicted molar refractivity (Wildman–Crippen MR) is 90.3 cm³/mol. The van der Waals surface area contributed by atoms with E-state index in [9.17, 15) is 14.4 Å². The molecule has 0 radical (unpaired) electrons. The van der Waals surface area contributed by atoms with Crippen LogP contribution in [0.25, 0.3) is 11.1 Å². The van der Waals surface area contributed by atoms with Crippen molar-refractivity contribution in [2.75, 3.05) is 6.54 Å². The van der Waals surface area contributed by atoms with E-state index in [1.165, 1.54) is 0 Å². The molecule has 1 aliphatic rings. The summed E-state index contributed by atoms with van der Waals surface area (Å²) in [6.07, 6.45) is 0. The van der Waals surface area contributed by atoms with Crippen LogP contribution in [0.2, 0.25) is 0 Å². The molecule has 0 unspecified atom stereocenters. The van der Waals surface area contributed by atoms with Crippen LogP contribution in [0.1, 0.15) is 15.9 Å². The van der Waals surface area contributed by atoms with E-state index in [0.29, 0.717) is 5.56 Å². The Morgan fingerprint density at radius 2 is 1.79 bits per heavy atom. The smallest absolute Gasteiger partial charge is 0.303 e. The summed E-state index contributed by atoms with van der Waals surface area (Å²) in [5, 5.41) is 2.30. The van der Waals surface area contributed by atoms with Gasteiger partial charge in [-0.1, -0.05) is 60.7 Å². The molecule has 1 saturated heterocycles. The summed E-state index contributed by atoms with van der Waals surface area (Å²) in [7, 11) is 0. The summed E-state index contributed by atoms with van der Waals surface area (Å²) in [5.41, 5.74) is 3.66. The maximum Gasteiger partial charge on any atom is 0.329 e. The third kappa shape index (κ3) is 2.96. The van der Waals surface area contributed by atoms with E-state index in [1.54, 1.807) is 12.1 Å². The number of ketones is 1. The fourth-order valence-electron chi connectivity index (χ4n) is 2.56. The molecule has 1 heterocycles. The first-order valence-corrected chi connectivity index (χ1v) is 7.48. The number of amides is 3. The number of carbonyl (C=O) groups is 3. The first-order valence-electron chi connectivity index (χ1n) is 7.48. The molecule has 0 saturated carbocycles. The van der Waals surface area contributed by atoms with Crippen molar-refractivity contribution in [1.29, 1.82) is 0 Å². The van der Waals surface area contributed by atoms with Gasteiger partial charge in [0.2, 0.25) is 0 Å². The molecule has 5 nitrogen and oxygen atoms in total. The van der Waals surface area contributed by atoms with Crippen LogP contribution in [0.3, 0.4) is 0 Å². The molecule has 0 spiro atoms. The zero-order chi connectivity index (χ0) is 17.3. The van der Waals surface area contributed by atoms with E-state index in [2.05, 4.69) is 18.0 Å². The van der Waals surface area contributed by atoms with Crippen LogP contribution in [0.4, 0.5) is 4.79 Å². The van der Waals surface area contributed by atoms with E-state index in [0.717, 1.165) is 21.6 Å². The Balaban J connectivity index is 1.76. The summed E-state index contributed by atoms with van der Waals surface area (Å²) in [6.45, 7) is 5.16. The molecule has 3 amide bonds. The third-order valence-electron chi connectivity index (χ3n) is 3.87. The molecule has 5 heteroatoms. The van der Waals surface area contributed by atoms with Crippen molar-refractivity contribution in [3.05, 3.63) is 71.9 Å². The second-order valence-electron chi connectivity index (χ2n) is 5.67. The molecular weight excluding hydrogens is 304 g/mol. The monoisotopic (exact) mass is 320 g/mol. The van der Waals surface area contributed by atoms with E-state index in [1.807, 2.05) is 37.3 Å². The number of carbonyl (C=O) groups excluding carboxylic acids is 3. The van der Waals surface area contributed by atoms with Crippen LogP contribution < -0.4 is 5.32 Å². The summed E-state index contributed by atoms with van der Waals surface area (Å²) in [4.78, 5) is 36.5. The lowest BCUT2D eigenvalue weighted by molar-refractivity contribution is -0.122. The fourth-order valence-corrected chi connectivity index (χ4v) is 2.56. The number of nitrogens with one attached hydrogen (secondary N) is 1. The lowest BCUT2D eigenvalue weighted by Crippen LogP contribution is -2.35. The van der Waals surface area contributed by atoms with Crippen LogP contribution in [-0.4, -0.2) is 29.2 Å². The van der Waals surface area contributed by atoms with Gasteiger partial charge in [-0.15, -0.1) is 0 Å². The molecule has 0 aromatic heterocycles. The van der Waals surface area contributed by atoms with Gasteiger partial charge in [-0.3, -0.25) is 14.5 Å². The Bertz CT molecular complexity index is 853. The molecule has 0 atom stereocenters. The van der Waals surface area contributed by atoms with Gasteiger partial charge in [-0.05, 0) is 18.1 Å². The largest absolute Gasteiger partial charge is 0.329 e. The van der Waals surface area contributed by atoms with Gasteiger partial charge in [0.15, 0.2) is 5.78 Å². The second-order valence-corrected chi connectivity index (χ2v) is 5.67. The molecule has 2 aromatic carbocycles. The van der Waals surface area contributed by atoms with Crippen LogP contribution in [0.15, 0.2) is 60.8 Å². The second kappa shape index (κ2) is 6.12. The number of urea groups is 1. The van der Waals surface area contributed by atoms with Crippen molar-refractivity contribution in [3.8, 4) is 11.1 Å². The zero-order valence-corrected chi connectivity index (χ0v) is 13.2. The molecule has 120 valence electrons. The minimum atomic E-state index is -0.616. The molecule has 0 bridgehead atoms. The van der Waals surface area contributed by atoms with Crippen LogP contribution in [0, 0.1) is 6.92 Å². The molecule has 0 aliphatic carbocycles. The Kier molecular flexibility index (Phi) is 4.00. The van der Waals surface area contributed by atoms with Gasteiger partial charge in [0.05, 0.1) is 6.54 Å². The number of hydrogen-bond acceptors (Lipinski definition) is 3. The number of aryl methyl sites for hydroxylation is 1. The minimum Gasteiger partial charge on any atom is -0.303 e. The highest BCUT2D eigenvalue weighted by Gasteiger charge is 2.33. The Morgan fingerprint density at radius 3 is 2.38 bits per heavy atom. The molecule has 1 aliphatic heterocycles. The zero-order valence-electron chi connectivity index (χ0n) is 13.2. The minimum absolute atomic E-state index is 0.0115. The number of rotatable bonds is 4. The topological polar surface area (TPSA) is 66.5 Å². The average molecular weight is 320 g/mol. The van der Waals surface area contributed by atoms with Gasteiger partial charge < -0.3 is 5.32 Å². The standard InChI is InChI=1S/C19H16N2O3/c1-12-4-3-5-16(10-12)14-6-8-15(9-7-14)17(22)11-21-18(23)13(2)20-19(21)24/h3-10H,2,11H2,1H3,(H,20,24). The number of imide groups is 1. The van der Waals surface area contributed by atoms with Gasteiger partial charge in [-0.2, -0.15) is 0 Å². The maximum absolute atomic E-state index is 12.3. The molecule has 1 fully saturated rings. The predicted octanol–water partition coefficient (Wildman–Crippen LogP) is 2.91. The molecule has 3 rings (SSSR count). The maximum atomic E-state index is 12.3. The van der Waals surface area contributed by atoms with Crippen LogP contribution in [-0.2, 0) is 4.79 Å². The lowest BCUT2D eigenvalue weighted by Gasteiger charge is -2.11. The molecule has 2 aromatic rings. The average Bonchev–Trinajstić information content (AvgIpc) is 2.81. The highest BCUT2D eigenvalue weighted by molar-refractivity contribution is 6.14.